The Balaban J connectivity index is 2.12. The number of benzene rings is 1. The molecule has 1 aliphatic rings. The number of unbranched alkanes of at least 4 members (excludes halogenated alkanes) is 6. The van der Waals surface area contributed by atoms with Gasteiger partial charge in [-0.05, 0) is 49.3 Å². The standard InChI is InChI=1S/C25H41N3O2/c1-5-8-10-12-14-20-16-17-21(15-13-11-9-6-2)22(18-20)23-19-26-24(28(23)4)27-25(29)30-7-3/h16-18,23H,5-15,19H2,1-4H3,(H,26,27,29). The number of carbonyl (C=O) groups excluding carboxylic acids is 1. The van der Waals surface area contributed by atoms with E-state index in [9.17, 15) is 4.79 Å². The van der Waals surface area contributed by atoms with Crippen LogP contribution in [-0.4, -0.2) is 37.2 Å². The third kappa shape index (κ3) is 7.33. The van der Waals surface area contributed by atoms with E-state index in [0.717, 1.165) is 12.8 Å². The molecule has 0 saturated carbocycles. The van der Waals surface area contributed by atoms with Crippen LogP contribution in [0.2, 0.25) is 0 Å². The second kappa shape index (κ2) is 13.3. The lowest BCUT2D eigenvalue weighted by Gasteiger charge is -2.26. The number of hydrogen-bond donors (Lipinski definition) is 1. The number of nitrogens with one attached hydrogen (secondary N) is 1. The topological polar surface area (TPSA) is 53.9 Å². The van der Waals surface area contributed by atoms with Crippen molar-refractivity contribution in [3.05, 3.63) is 34.9 Å². The largest absolute Gasteiger partial charge is 0.450 e. The van der Waals surface area contributed by atoms with E-state index in [-0.39, 0.29) is 6.04 Å². The zero-order chi connectivity index (χ0) is 21.8. The van der Waals surface area contributed by atoms with E-state index in [0.29, 0.717) is 19.1 Å². The van der Waals surface area contributed by atoms with Crippen LogP contribution in [0, 0.1) is 0 Å². The molecule has 0 spiro atoms. The number of amides is 1. The first-order valence-electron chi connectivity index (χ1n) is 11.9. The quantitative estimate of drug-likeness (QED) is 0.425. The minimum absolute atomic E-state index is 0.165. The Morgan fingerprint density at radius 2 is 1.77 bits per heavy atom. The van der Waals surface area contributed by atoms with Crippen molar-refractivity contribution < 1.29 is 9.53 Å². The summed E-state index contributed by atoms with van der Waals surface area (Å²) in [6, 6.07) is 7.21. The number of rotatable bonds is 12. The summed E-state index contributed by atoms with van der Waals surface area (Å²) < 4.78 is 5.02. The molecule has 1 unspecified atom stereocenters. The highest BCUT2D eigenvalue weighted by Crippen LogP contribution is 2.30. The van der Waals surface area contributed by atoms with Crippen molar-refractivity contribution in [3.63, 3.8) is 0 Å². The number of nitrogens with zero attached hydrogens (tertiary/aromatic N) is 2. The van der Waals surface area contributed by atoms with Crippen molar-refractivity contribution >= 4 is 12.1 Å². The van der Waals surface area contributed by atoms with Crippen LogP contribution >= 0.6 is 0 Å². The monoisotopic (exact) mass is 415 g/mol. The average Bonchev–Trinajstić information content (AvgIpc) is 3.09. The van der Waals surface area contributed by atoms with E-state index < -0.39 is 6.09 Å². The van der Waals surface area contributed by atoms with Crippen molar-refractivity contribution in [3.8, 4) is 0 Å². The summed E-state index contributed by atoms with van der Waals surface area (Å²) in [6.45, 7) is 7.33. The first kappa shape index (κ1) is 24.2. The molecule has 1 aromatic rings. The molecule has 0 aromatic heterocycles. The molecule has 1 aliphatic heterocycles. The molecule has 2 rings (SSSR count). The predicted molar refractivity (Wildman–Crippen MR) is 125 cm³/mol. The van der Waals surface area contributed by atoms with Crippen LogP contribution in [0.5, 0.6) is 0 Å². The van der Waals surface area contributed by atoms with Gasteiger partial charge in [0.15, 0.2) is 0 Å². The van der Waals surface area contributed by atoms with Crippen LogP contribution in [0.3, 0.4) is 0 Å². The van der Waals surface area contributed by atoms with Crippen LogP contribution < -0.4 is 5.32 Å². The van der Waals surface area contributed by atoms with Crippen molar-refractivity contribution in [1.82, 2.24) is 10.2 Å². The smallest absolute Gasteiger partial charge is 0.413 e. The number of likely N-dealkylation sites (N-methyl/N-ethyl adjacent to an activating group) is 1. The van der Waals surface area contributed by atoms with Gasteiger partial charge in [0, 0.05) is 7.05 Å². The van der Waals surface area contributed by atoms with E-state index >= 15 is 0 Å². The Labute approximate surface area is 183 Å². The predicted octanol–water partition coefficient (Wildman–Crippen LogP) is 6.02. The van der Waals surface area contributed by atoms with Crippen molar-refractivity contribution in [1.29, 1.82) is 0 Å². The van der Waals surface area contributed by atoms with Crippen LogP contribution in [0.1, 0.15) is 94.9 Å². The second-order valence-corrected chi connectivity index (χ2v) is 8.29. The molecule has 0 aliphatic carbocycles. The molecule has 0 fully saturated rings. The molecule has 168 valence electrons. The summed E-state index contributed by atoms with van der Waals surface area (Å²) in [6.07, 6.45) is 12.0. The lowest BCUT2D eigenvalue weighted by atomic mass is 9.92. The van der Waals surface area contributed by atoms with Crippen LogP contribution in [-0.2, 0) is 17.6 Å². The van der Waals surface area contributed by atoms with Crippen LogP contribution in [0.15, 0.2) is 23.2 Å². The van der Waals surface area contributed by atoms with Crippen LogP contribution in [0.25, 0.3) is 0 Å². The van der Waals surface area contributed by atoms with E-state index in [1.54, 1.807) is 6.92 Å². The summed E-state index contributed by atoms with van der Waals surface area (Å²) in [5.41, 5.74) is 4.21. The summed E-state index contributed by atoms with van der Waals surface area (Å²) in [5, 5.41) is 2.79. The van der Waals surface area contributed by atoms with Crippen LogP contribution in [0.4, 0.5) is 4.79 Å². The Morgan fingerprint density at radius 1 is 1.07 bits per heavy atom. The molecule has 30 heavy (non-hydrogen) atoms. The fourth-order valence-corrected chi connectivity index (χ4v) is 4.08. The normalized spacial score (nSPS) is 15.9. The maximum absolute atomic E-state index is 11.8. The first-order valence-corrected chi connectivity index (χ1v) is 11.9. The third-order valence-electron chi connectivity index (χ3n) is 5.89. The van der Waals surface area contributed by atoms with Crippen molar-refractivity contribution in [2.75, 3.05) is 20.2 Å². The summed E-state index contributed by atoms with van der Waals surface area (Å²) >= 11 is 0. The highest BCUT2D eigenvalue weighted by Gasteiger charge is 2.29. The molecule has 5 nitrogen and oxygen atoms in total. The zero-order valence-corrected chi connectivity index (χ0v) is 19.5. The Hall–Kier alpha value is -2.04. The highest BCUT2D eigenvalue weighted by atomic mass is 16.5. The van der Waals surface area contributed by atoms with Gasteiger partial charge in [0.25, 0.3) is 0 Å². The average molecular weight is 416 g/mol. The first-order chi connectivity index (χ1) is 14.6. The summed E-state index contributed by atoms with van der Waals surface area (Å²) in [4.78, 5) is 18.5. The Morgan fingerprint density at radius 3 is 2.43 bits per heavy atom. The molecular weight excluding hydrogens is 374 g/mol. The number of ether oxygens (including phenoxy) is 1. The van der Waals surface area contributed by atoms with Gasteiger partial charge in [-0.25, -0.2) is 4.79 Å². The van der Waals surface area contributed by atoms with Gasteiger partial charge in [-0.1, -0.05) is 70.6 Å². The highest BCUT2D eigenvalue weighted by molar-refractivity contribution is 5.95. The van der Waals surface area contributed by atoms with Gasteiger partial charge in [-0.3, -0.25) is 10.3 Å². The zero-order valence-electron chi connectivity index (χ0n) is 19.5. The van der Waals surface area contributed by atoms with Gasteiger partial charge in [0.05, 0.1) is 19.2 Å². The minimum Gasteiger partial charge on any atom is -0.450 e. The van der Waals surface area contributed by atoms with Gasteiger partial charge in [0.1, 0.15) is 0 Å². The lowest BCUT2D eigenvalue weighted by molar-refractivity contribution is 0.156. The molecule has 1 aromatic carbocycles. The Kier molecular flexibility index (Phi) is 10.7. The number of aryl methyl sites for hydroxylation is 2. The molecule has 5 heteroatoms. The van der Waals surface area contributed by atoms with E-state index in [2.05, 4.69) is 47.3 Å². The SMILES string of the molecule is CCCCCCc1ccc(CCCCCC)c(C2CN=C(NC(=O)OCC)N2C)c1. The number of guanidine groups is 1. The molecule has 0 radical (unpaired) electrons. The minimum atomic E-state index is -0.437. The molecule has 0 bridgehead atoms. The van der Waals surface area contributed by atoms with E-state index in [1.807, 2.05) is 7.05 Å². The maximum Gasteiger partial charge on any atom is 0.413 e. The second-order valence-electron chi connectivity index (χ2n) is 8.29. The number of alkyl carbamates (subject to hydrolysis) is 1. The molecule has 1 amide bonds. The fraction of sp³-hybridized carbons (Fsp3) is 0.680. The number of carbonyl (C=O) groups is 1. The summed E-state index contributed by atoms with van der Waals surface area (Å²) in [7, 11) is 2.01. The molecule has 0 saturated heterocycles. The lowest BCUT2D eigenvalue weighted by Crippen LogP contribution is -2.41. The van der Waals surface area contributed by atoms with Gasteiger partial charge in [0.2, 0.25) is 5.96 Å². The van der Waals surface area contributed by atoms with E-state index in [4.69, 9.17) is 4.74 Å². The molecular formula is C25H41N3O2. The fourth-order valence-electron chi connectivity index (χ4n) is 4.08. The maximum atomic E-state index is 11.8. The van der Waals surface area contributed by atoms with Gasteiger partial charge in [-0.2, -0.15) is 0 Å². The van der Waals surface area contributed by atoms with Gasteiger partial charge >= 0.3 is 6.09 Å². The van der Waals surface area contributed by atoms with Gasteiger partial charge in [-0.15, -0.1) is 0 Å². The molecule has 1 heterocycles. The summed E-state index contributed by atoms with van der Waals surface area (Å²) in [5.74, 6) is 0.601. The van der Waals surface area contributed by atoms with Gasteiger partial charge < -0.3 is 9.64 Å². The molecule has 1 atom stereocenters. The Bertz CT molecular complexity index is 687. The number of hydrogen-bond acceptors (Lipinski definition) is 4. The van der Waals surface area contributed by atoms with Crippen molar-refractivity contribution in [2.45, 2.75) is 91.0 Å². The van der Waals surface area contributed by atoms with E-state index in [1.165, 1.54) is 68.1 Å². The number of aliphatic imine (C=N–C) groups is 1. The molecule has 1 N–H and O–H groups in total. The van der Waals surface area contributed by atoms with Crippen molar-refractivity contribution in [2.24, 2.45) is 4.99 Å². The third-order valence-corrected chi connectivity index (χ3v) is 5.89.